The van der Waals surface area contributed by atoms with Gasteiger partial charge in [0, 0.05) is 30.9 Å². The highest BCUT2D eigenvalue weighted by atomic mass is 16.5. The molecule has 1 fully saturated rings. The molecule has 0 bridgehead atoms. The molecule has 1 aromatic heterocycles. The molecule has 5 nitrogen and oxygen atoms in total. The lowest BCUT2D eigenvalue weighted by Crippen LogP contribution is -2.35. The van der Waals surface area contributed by atoms with E-state index in [2.05, 4.69) is 4.98 Å². The van der Waals surface area contributed by atoms with Gasteiger partial charge >= 0.3 is 0 Å². The van der Waals surface area contributed by atoms with Crippen LogP contribution in [0.4, 0.5) is 0 Å². The van der Waals surface area contributed by atoms with Crippen molar-refractivity contribution in [3.05, 3.63) is 53.7 Å². The number of rotatable bonds is 4. The Morgan fingerprint density at radius 3 is 2.39 bits per heavy atom. The summed E-state index contributed by atoms with van der Waals surface area (Å²) in [5.74, 6) is 1.04. The van der Waals surface area contributed by atoms with Crippen molar-refractivity contribution in [2.24, 2.45) is 0 Å². The van der Waals surface area contributed by atoms with Crippen LogP contribution >= 0.6 is 0 Å². The van der Waals surface area contributed by atoms with Crippen LogP contribution in [0.25, 0.3) is 0 Å². The zero-order chi connectivity index (χ0) is 16.1. The number of amides is 1. The van der Waals surface area contributed by atoms with Crippen LogP contribution in [0.2, 0.25) is 0 Å². The highest BCUT2D eigenvalue weighted by Gasteiger charge is 2.18. The van der Waals surface area contributed by atoms with Gasteiger partial charge in [-0.15, -0.1) is 0 Å². The molecule has 2 aromatic rings. The van der Waals surface area contributed by atoms with Crippen molar-refractivity contribution in [3.63, 3.8) is 0 Å². The Morgan fingerprint density at radius 1 is 1.04 bits per heavy atom. The lowest BCUT2D eigenvalue weighted by Gasteiger charge is -2.26. The third kappa shape index (κ3) is 3.74. The van der Waals surface area contributed by atoms with Crippen molar-refractivity contribution in [1.82, 2.24) is 9.88 Å². The van der Waals surface area contributed by atoms with Gasteiger partial charge in [0.05, 0.1) is 5.56 Å². The molecule has 1 aliphatic rings. The van der Waals surface area contributed by atoms with Gasteiger partial charge in [-0.25, -0.2) is 4.98 Å². The standard InChI is InChI=1S/C18H18N2O3/c21-13-14-4-7-16(8-5-14)23-17-9-6-15(12-19-17)18(22)20-10-2-1-3-11-20/h4-9,12-13H,1-3,10-11H2. The molecule has 0 unspecified atom stereocenters. The number of hydrogen-bond acceptors (Lipinski definition) is 4. The van der Waals surface area contributed by atoms with Crippen LogP contribution in [0.3, 0.4) is 0 Å². The summed E-state index contributed by atoms with van der Waals surface area (Å²) in [7, 11) is 0. The van der Waals surface area contributed by atoms with E-state index in [0.717, 1.165) is 32.2 Å². The Kier molecular flexibility index (Phi) is 4.66. The van der Waals surface area contributed by atoms with Gasteiger partial charge in [0.25, 0.3) is 5.91 Å². The summed E-state index contributed by atoms with van der Waals surface area (Å²) in [5.41, 5.74) is 1.17. The van der Waals surface area contributed by atoms with Crippen LogP contribution in [0.15, 0.2) is 42.6 Å². The van der Waals surface area contributed by atoms with Gasteiger partial charge in [0.15, 0.2) is 0 Å². The molecular weight excluding hydrogens is 292 g/mol. The maximum absolute atomic E-state index is 12.4. The largest absolute Gasteiger partial charge is 0.439 e. The van der Waals surface area contributed by atoms with Crippen molar-refractivity contribution in [3.8, 4) is 11.6 Å². The van der Waals surface area contributed by atoms with Crippen LogP contribution in [0, 0.1) is 0 Å². The molecule has 5 heteroatoms. The molecule has 0 saturated carbocycles. The zero-order valence-corrected chi connectivity index (χ0v) is 12.8. The fraction of sp³-hybridized carbons (Fsp3) is 0.278. The Balaban J connectivity index is 1.66. The van der Waals surface area contributed by atoms with E-state index in [0.29, 0.717) is 22.8 Å². The molecule has 1 aliphatic heterocycles. The molecule has 3 rings (SSSR count). The molecule has 23 heavy (non-hydrogen) atoms. The quantitative estimate of drug-likeness (QED) is 0.813. The Morgan fingerprint density at radius 2 is 1.78 bits per heavy atom. The molecular formula is C18H18N2O3. The highest BCUT2D eigenvalue weighted by Crippen LogP contribution is 2.20. The molecule has 0 spiro atoms. The van der Waals surface area contributed by atoms with E-state index in [1.807, 2.05) is 4.90 Å². The summed E-state index contributed by atoms with van der Waals surface area (Å²) in [6.07, 6.45) is 5.65. The summed E-state index contributed by atoms with van der Waals surface area (Å²) in [6, 6.07) is 10.2. The summed E-state index contributed by atoms with van der Waals surface area (Å²) in [4.78, 5) is 29.0. The molecule has 1 amide bonds. The third-order valence-electron chi connectivity index (χ3n) is 3.87. The minimum Gasteiger partial charge on any atom is -0.439 e. The Bertz CT molecular complexity index is 674. The van der Waals surface area contributed by atoms with Gasteiger partial charge in [-0.05, 0) is 49.6 Å². The van der Waals surface area contributed by atoms with Gasteiger partial charge in [0.2, 0.25) is 5.88 Å². The van der Waals surface area contributed by atoms with Crippen molar-refractivity contribution in [2.45, 2.75) is 19.3 Å². The Labute approximate surface area is 134 Å². The van der Waals surface area contributed by atoms with E-state index in [1.54, 1.807) is 42.6 Å². The van der Waals surface area contributed by atoms with Crippen molar-refractivity contribution >= 4 is 12.2 Å². The number of aromatic nitrogens is 1. The minimum absolute atomic E-state index is 0.0269. The number of ether oxygens (including phenoxy) is 1. The van der Waals surface area contributed by atoms with Gasteiger partial charge < -0.3 is 9.64 Å². The monoisotopic (exact) mass is 310 g/mol. The first-order chi connectivity index (χ1) is 11.3. The average Bonchev–Trinajstić information content (AvgIpc) is 2.63. The maximum atomic E-state index is 12.4. The highest BCUT2D eigenvalue weighted by molar-refractivity contribution is 5.94. The predicted molar refractivity (Wildman–Crippen MR) is 85.9 cm³/mol. The fourth-order valence-corrected chi connectivity index (χ4v) is 2.58. The van der Waals surface area contributed by atoms with Crippen LogP contribution in [0.1, 0.15) is 40.0 Å². The second-order valence-corrected chi connectivity index (χ2v) is 5.53. The SMILES string of the molecule is O=Cc1ccc(Oc2ccc(C(=O)N3CCCCC3)cn2)cc1. The second-order valence-electron chi connectivity index (χ2n) is 5.53. The Hall–Kier alpha value is -2.69. The number of benzene rings is 1. The topological polar surface area (TPSA) is 59.5 Å². The van der Waals surface area contributed by atoms with Gasteiger partial charge in [-0.2, -0.15) is 0 Å². The first kappa shape index (κ1) is 15.2. The van der Waals surface area contributed by atoms with Crippen molar-refractivity contribution in [2.75, 3.05) is 13.1 Å². The number of likely N-dealkylation sites (tertiary alicyclic amines) is 1. The normalized spacial score (nSPS) is 14.3. The first-order valence-electron chi connectivity index (χ1n) is 7.75. The molecule has 0 radical (unpaired) electrons. The maximum Gasteiger partial charge on any atom is 0.255 e. The van der Waals surface area contributed by atoms with Crippen LogP contribution in [-0.2, 0) is 0 Å². The number of carbonyl (C=O) groups is 2. The average molecular weight is 310 g/mol. The molecule has 1 aromatic carbocycles. The predicted octanol–water partition coefficient (Wildman–Crippen LogP) is 3.31. The van der Waals surface area contributed by atoms with Crippen LogP contribution in [-0.4, -0.2) is 35.2 Å². The molecule has 2 heterocycles. The molecule has 0 atom stereocenters. The van der Waals surface area contributed by atoms with E-state index < -0.39 is 0 Å². The number of hydrogen-bond donors (Lipinski definition) is 0. The van der Waals surface area contributed by atoms with E-state index >= 15 is 0 Å². The first-order valence-corrected chi connectivity index (χ1v) is 7.75. The minimum atomic E-state index is 0.0269. The lowest BCUT2D eigenvalue weighted by atomic mass is 10.1. The smallest absolute Gasteiger partial charge is 0.255 e. The number of nitrogens with zero attached hydrogens (tertiary/aromatic N) is 2. The lowest BCUT2D eigenvalue weighted by molar-refractivity contribution is 0.0723. The summed E-state index contributed by atoms with van der Waals surface area (Å²) in [6.45, 7) is 1.64. The van der Waals surface area contributed by atoms with E-state index in [9.17, 15) is 9.59 Å². The third-order valence-corrected chi connectivity index (χ3v) is 3.87. The van der Waals surface area contributed by atoms with Crippen molar-refractivity contribution in [1.29, 1.82) is 0 Å². The van der Waals surface area contributed by atoms with E-state index in [-0.39, 0.29) is 5.91 Å². The summed E-state index contributed by atoms with van der Waals surface area (Å²) < 4.78 is 5.61. The van der Waals surface area contributed by atoms with Crippen LogP contribution < -0.4 is 4.74 Å². The summed E-state index contributed by atoms with van der Waals surface area (Å²) >= 11 is 0. The van der Waals surface area contributed by atoms with Gasteiger partial charge in [-0.3, -0.25) is 9.59 Å². The fourth-order valence-electron chi connectivity index (χ4n) is 2.58. The molecule has 0 aliphatic carbocycles. The zero-order valence-electron chi connectivity index (χ0n) is 12.8. The van der Waals surface area contributed by atoms with Crippen molar-refractivity contribution < 1.29 is 14.3 Å². The van der Waals surface area contributed by atoms with Gasteiger partial charge in [-0.1, -0.05) is 0 Å². The molecule has 0 N–H and O–H groups in total. The number of pyridine rings is 1. The van der Waals surface area contributed by atoms with Crippen LogP contribution in [0.5, 0.6) is 11.6 Å². The van der Waals surface area contributed by atoms with Gasteiger partial charge in [0.1, 0.15) is 12.0 Å². The summed E-state index contributed by atoms with van der Waals surface area (Å²) in [5, 5.41) is 0. The number of piperidine rings is 1. The second kappa shape index (κ2) is 7.05. The molecule has 1 saturated heterocycles. The number of aldehydes is 1. The van der Waals surface area contributed by atoms with E-state index in [4.69, 9.17) is 4.74 Å². The number of carbonyl (C=O) groups excluding carboxylic acids is 2. The molecule has 118 valence electrons. The van der Waals surface area contributed by atoms with E-state index in [1.165, 1.54) is 6.42 Å².